The molecule has 1 atom stereocenters. The van der Waals surface area contributed by atoms with Gasteiger partial charge in [-0.15, -0.1) is 0 Å². The number of likely N-dealkylation sites (N-methyl/N-ethyl adjacent to an activating group) is 1. The molecule has 0 bridgehead atoms. The first kappa shape index (κ1) is 25.9. The van der Waals surface area contributed by atoms with Crippen molar-refractivity contribution in [3.63, 3.8) is 0 Å². The summed E-state index contributed by atoms with van der Waals surface area (Å²) in [4.78, 5) is 41.1. The number of nitro groups is 1. The lowest BCUT2D eigenvalue weighted by Crippen LogP contribution is -2.48. The van der Waals surface area contributed by atoms with Gasteiger partial charge in [-0.05, 0) is 42.6 Å². The maximum atomic E-state index is 15.1. The SMILES string of the molecule is COC(=S)N(C)C1CN(c2ccc(N3CCN(C(=O)C=Cc4ccc([N+](=O)[O-])o4)CC3)c(F)c2)C(=O)O1. The average Bonchev–Trinajstić information content (AvgIpc) is 3.53. The van der Waals surface area contributed by atoms with Gasteiger partial charge in [0, 0.05) is 39.3 Å². The van der Waals surface area contributed by atoms with Gasteiger partial charge in [-0.1, -0.05) is 0 Å². The Bertz CT molecular complexity index is 1240. The molecule has 37 heavy (non-hydrogen) atoms. The summed E-state index contributed by atoms with van der Waals surface area (Å²) in [5.41, 5.74) is 0.707. The molecule has 2 fully saturated rings. The number of piperazine rings is 1. The van der Waals surface area contributed by atoms with Crippen LogP contribution in [0.1, 0.15) is 5.76 Å². The van der Waals surface area contributed by atoms with E-state index in [1.165, 1.54) is 47.3 Å². The molecule has 3 heterocycles. The maximum Gasteiger partial charge on any atom is 0.433 e. The molecule has 0 saturated carbocycles. The van der Waals surface area contributed by atoms with Crippen LogP contribution < -0.4 is 9.80 Å². The van der Waals surface area contributed by atoms with E-state index in [1.54, 1.807) is 24.1 Å². The number of hydrogen-bond donors (Lipinski definition) is 0. The number of methoxy groups -OCH3 is 1. The fourth-order valence-corrected chi connectivity index (χ4v) is 4.12. The molecular formula is C23H24FN5O7S. The third-order valence-corrected chi connectivity index (χ3v) is 6.50. The number of nitrogens with zero attached hydrogens (tertiary/aromatic N) is 5. The lowest BCUT2D eigenvalue weighted by molar-refractivity contribution is -0.402. The van der Waals surface area contributed by atoms with Crippen molar-refractivity contribution in [3.05, 3.63) is 58.1 Å². The topological polar surface area (TPSA) is 122 Å². The van der Waals surface area contributed by atoms with E-state index in [0.29, 0.717) is 37.6 Å². The van der Waals surface area contributed by atoms with Crippen molar-refractivity contribution in [3.8, 4) is 0 Å². The van der Waals surface area contributed by atoms with E-state index in [4.69, 9.17) is 26.1 Å². The van der Waals surface area contributed by atoms with Crippen LogP contribution in [0.4, 0.5) is 26.4 Å². The zero-order valence-corrected chi connectivity index (χ0v) is 20.9. The summed E-state index contributed by atoms with van der Waals surface area (Å²) in [7, 11) is 3.06. The number of hydrogen-bond acceptors (Lipinski definition) is 9. The molecule has 196 valence electrons. The van der Waals surface area contributed by atoms with Crippen molar-refractivity contribution in [2.45, 2.75) is 6.23 Å². The van der Waals surface area contributed by atoms with E-state index < -0.39 is 28.9 Å². The van der Waals surface area contributed by atoms with E-state index in [2.05, 4.69) is 0 Å². The van der Waals surface area contributed by atoms with Gasteiger partial charge in [-0.25, -0.2) is 9.18 Å². The van der Waals surface area contributed by atoms with E-state index in [-0.39, 0.29) is 23.4 Å². The highest BCUT2D eigenvalue weighted by Crippen LogP contribution is 2.29. The summed E-state index contributed by atoms with van der Waals surface area (Å²) in [5, 5.41) is 10.9. The number of benzene rings is 1. The molecule has 12 nitrogen and oxygen atoms in total. The van der Waals surface area contributed by atoms with Crippen molar-refractivity contribution >= 4 is 52.7 Å². The number of carbonyl (C=O) groups is 2. The van der Waals surface area contributed by atoms with Gasteiger partial charge in [0.05, 0.1) is 31.1 Å². The quantitative estimate of drug-likeness (QED) is 0.237. The fourth-order valence-electron chi connectivity index (χ4n) is 4.00. The lowest BCUT2D eigenvalue weighted by atomic mass is 10.2. The second-order valence-electron chi connectivity index (χ2n) is 8.24. The third-order valence-electron chi connectivity index (χ3n) is 6.05. The van der Waals surface area contributed by atoms with Crippen LogP contribution in [0.25, 0.3) is 6.08 Å². The minimum atomic E-state index is -0.662. The predicted octanol–water partition coefficient (Wildman–Crippen LogP) is 2.83. The molecule has 2 aliphatic heterocycles. The van der Waals surface area contributed by atoms with Crippen molar-refractivity contribution in [2.24, 2.45) is 0 Å². The average molecular weight is 534 g/mol. The van der Waals surface area contributed by atoms with E-state index in [9.17, 15) is 19.7 Å². The first-order chi connectivity index (χ1) is 17.7. The molecule has 0 radical (unpaired) electrons. The van der Waals surface area contributed by atoms with Gasteiger partial charge in [0.2, 0.25) is 5.91 Å². The van der Waals surface area contributed by atoms with E-state index in [1.807, 2.05) is 4.90 Å². The van der Waals surface area contributed by atoms with Crippen LogP contribution in [0.15, 0.2) is 40.8 Å². The largest absolute Gasteiger partial charge is 0.474 e. The summed E-state index contributed by atoms with van der Waals surface area (Å²) >= 11 is 5.06. The van der Waals surface area contributed by atoms with E-state index in [0.717, 1.165) is 0 Å². The summed E-state index contributed by atoms with van der Waals surface area (Å²) < 4.78 is 30.4. The highest BCUT2D eigenvalue weighted by molar-refractivity contribution is 7.80. The molecule has 1 unspecified atom stereocenters. The minimum Gasteiger partial charge on any atom is -0.474 e. The Morgan fingerprint density at radius 2 is 2.00 bits per heavy atom. The molecule has 2 amide bonds. The normalized spacial score (nSPS) is 17.8. The molecule has 1 aromatic heterocycles. The third kappa shape index (κ3) is 5.63. The zero-order chi connectivity index (χ0) is 26.7. The van der Waals surface area contributed by atoms with Gasteiger partial charge in [0.1, 0.15) is 16.5 Å². The Morgan fingerprint density at radius 1 is 1.27 bits per heavy atom. The Kier molecular flexibility index (Phi) is 7.57. The Hall–Kier alpha value is -4.20. The van der Waals surface area contributed by atoms with Gasteiger partial charge >= 0.3 is 12.0 Å². The summed E-state index contributed by atoms with van der Waals surface area (Å²) in [6.07, 6.45) is 1.37. The van der Waals surface area contributed by atoms with E-state index >= 15 is 4.39 Å². The Balaban J connectivity index is 1.34. The highest BCUT2D eigenvalue weighted by atomic mass is 32.1. The molecule has 0 spiro atoms. The van der Waals surface area contributed by atoms with Crippen molar-refractivity contribution in [1.29, 1.82) is 0 Å². The van der Waals surface area contributed by atoms with Gasteiger partial charge in [-0.3, -0.25) is 24.7 Å². The van der Waals surface area contributed by atoms with Crippen LogP contribution in [-0.2, 0) is 14.3 Å². The van der Waals surface area contributed by atoms with Crippen molar-refractivity contribution in [2.75, 3.05) is 56.7 Å². The summed E-state index contributed by atoms with van der Waals surface area (Å²) in [5.74, 6) is -0.997. The van der Waals surface area contributed by atoms with Crippen LogP contribution in [0.5, 0.6) is 0 Å². The minimum absolute atomic E-state index is 0.150. The molecular weight excluding hydrogens is 509 g/mol. The molecule has 14 heteroatoms. The molecule has 0 aliphatic carbocycles. The first-order valence-electron chi connectivity index (χ1n) is 11.2. The molecule has 4 rings (SSSR count). The Labute approximate surface area is 216 Å². The van der Waals surface area contributed by atoms with Gasteiger partial charge < -0.3 is 23.7 Å². The Morgan fingerprint density at radius 3 is 2.62 bits per heavy atom. The molecule has 2 aliphatic rings. The highest BCUT2D eigenvalue weighted by Gasteiger charge is 2.36. The number of carbonyl (C=O) groups excluding carboxylic acids is 2. The summed E-state index contributed by atoms with van der Waals surface area (Å²) in [6, 6.07) is 7.12. The second-order valence-corrected chi connectivity index (χ2v) is 8.59. The number of thiocarbonyl (C=S) groups is 1. The smallest absolute Gasteiger partial charge is 0.433 e. The zero-order valence-electron chi connectivity index (χ0n) is 20.0. The maximum absolute atomic E-state index is 15.1. The standard InChI is InChI=1S/C23H24FN5O7S/c1-25(23(37)34-2)21-14-28(22(31)36-21)15-3-6-18(17(24)13-15)26-9-11-27(12-10-26)19(30)7-4-16-5-8-20(35-16)29(32)33/h3-8,13,21H,9-12,14H2,1-2H3. The molecule has 2 aromatic rings. The molecule has 1 aromatic carbocycles. The number of anilines is 2. The first-order valence-corrected chi connectivity index (χ1v) is 11.6. The van der Waals surface area contributed by atoms with Crippen LogP contribution in [0, 0.1) is 15.9 Å². The number of ether oxygens (including phenoxy) is 2. The van der Waals surface area contributed by atoms with Crippen LogP contribution >= 0.6 is 12.2 Å². The monoisotopic (exact) mass is 533 g/mol. The number of cyclic esters (lactones) is 1. The number of furan rings is 1. The molecule has 0 N–H and O–H groups in total. The van der Waals surface area contributed by atoms with Crippen LogP contribution in [0.2, 0.25) is 0 Å². The summed E-state index contributed by atoms with van der Waals surface area (Å²) in [6.45, 7) is 1.66. The number of rotatable bonds is 6. The van der Waals surface area contributed by atoms with Gasteiger partial charge in [-0.2, -0.15) is 0 Å². The predicted molar refractivity (Wildman–Crippen MR) is 135 cm³/mol. The lowest BCUT2D eigenvalue weighted by Gasteiger charge is -2.36. The second kappa shape index (κ2) is 10.8. The fraction of sp³-hybridized carbons (Fsp3) is 0.348. The van der Waals surface area contributed by atoms with Crippen molar-refractivity contribution in [1.82, 2.24) is 9.80 Å². The van der Waals surface area contributed by atoms with Crippen LogP contribution in [-0.4, -0.2) is 85.0 Å². The van der Waals surface area contributed by atoms with Gasteiger partial charge in [0.15, 0.2) is 6.23 Å². The van der Waals surface area contributed by atoms with Gasteiger partial charge in [0.25, 0.3) is 5.17 Å². The van der Waals surface area contributed by atoms with Crippen molar-refractivity contribution < 1.29 is 32.8 Å². The molecule has 2 saturated heterocycles. The van der Waals surface area contributed by atoms with Crippen LogP contribution in [0.3, 0.4) is 0 Å². The number of amides is 2. The number of halogens is 1.